The third-order valence-electron chi connectivity index (χ3n) is 4.84. The number of carbonyl (C=O) groups is 1. The summed E-state index contributed by atoms with van der Waals surface area (Å²) in [5.41, 5.74) is -0.416. The van der Waals surface area contributed by atoms with Crippen molar-refractivity contribution in [1.82, 2.24) is 0 Å². The average Bonchev–Trinajstić information content (AvgIpc) is 2.83. The maximum absolute atomic E-state index is 13.0. The molecule has 3 aromatic carbocycles. The Kier molecular flexibility index (Phi) is 9.33. The fourth-order valence-corrected chi connectivity index (χ4v) is 3.89. The molecule has 0 aliphatic heterocycles. The number of alkyl halides is 3. The summed E-state index contributed by atoms with van der Waals surface area (Å²) in [4.78, 5) is 12.6. The van der Waals surface area contributed by atoms with Crippen LogP contribution in [-0.2, 0) is 17.6 Å². The summed E-state index contributed by atoms with van der Waals surface area (Å²) in [5.74, 6) is -0.422. The molecule has 0 heterocycles. The summed E-state index contributed by atoms with van der Waals surface area (Å²) in [7, 11) is 0. The van der Waals surface area contributed by atoms with Crippen LogP contribution in [0.15, 0.2) is 60.2 Å². The normalized spacial score (nSPS) is 11.6. The molecule has 0 spiro atoms. The van der Waals surface area contributed by atoms with Crippen molar-refractivity contribution >= 4 is 52.5 Å². The van der Waals surface area contributed by atoms with Gasteiger partial charge in [-0.05, 0) is 61.0 Å². The predicted molar refractivity (Wildman–Crippen MR) is 137 cm³/mol. The standard InChI is InChI=1S/C26H18Cl3F3N2O3/c1-2-36-23-10-15(9-22(29)24(23)37-14-16-6-7-19(27)12-21(16)28)8-17(13-33)25(35)34-20-5-3-4-18(11-20)26(30,31)32/h3-12H,2,14H2,1H3,(H,34,35)/b17-8+. The molecule has 0 aromatic heterocycles. The molecule has 0 atom stereocenters. The largest absolute Gasteiger partial charge is 0.490 e. The molecular formula is C26H18Cl3F3N2O3. The lowest BCUT2D eigenvalue weighted by molar-refractivity contribution is -0.137. The lowest BCUT2D eigenvalue weighted by Crippen LogP contribution is -2.14. The zero-order chi connectivity index (χ0) is 27.2. The number of nitriles is 1. The summed E-state index contributed by atoms with van der Waals surface area (Å²) >= 11 is 18.5. The fraction of sp³-hybridized carbons (Fsp3) is 0.154. The van der Waals surface area contributed by atoms with E-state index in [0.717, 1.165) is 18.2 Å². The van der Waals surface area contributed by atoms with E-state index in [2.05, 4.69) is 5.32 Å². The Morgan fingerprint density at radius 1 is 1.05 bits per heavy atom. The number of amides is 1. The second-order valence-corrected chi connectivity index (χ2v) is 8.74. The van der Waals surface area contributed by atoms with Gasteiger partial charge in [0.05, 0.1) is 17.2 Å². The first-order valence-electron chi connectivity index (χ1n) is 10.6. The van der Waals surface area contributed by atoms with Crippen LogP contribution in [-0.4, -0.2) is 12.5 Å². The number of benzene rings is 3. The lowest BCUT2D eigenvalue weighted by Gasteiger charge is -2.15. The molecule has 192 valence electrons. The quantitative estimate of drug-likeness (QED) is 0.219. The monoisotopic (exact) mass is 568 g/mol. The zero-order valence-corrected chi connectivity index (χ0v) is 21.4. The van der Waals surface area contributed by atoms with E-state index in [0.29, 0.717) is 21.2 Å². The molecular weight excluding hydrogens is 552 g/mol. The number of ether oxygens (including phenoxy) is 2. The van der Waals surface area contributed by atoms with Crippen molar-refractivity contribution in [2.24, 2.45) is 0 Å². The molecule has 0 aliphatic carbocycles. The minimum absolute atomic E-state index is 0.0633. The van der Waals surface area contributed by atoms with E-state index in [1.54, 1.807) is 31.2 Å². The lowest BCUT2D eigenvalue weighted by atomic mass is 10.1. The Balaban J connectivity index is 1.85. The molecule has 1 amide bonds. The van der Waals surface area contributed by atoms with Gasteiger partial charge in [0.1, 0.15) is 18.2 Å². The molecule has 3 aromatic rings. The van der Waals surface area contributed by atoms with Crippen LogP contribution in [0.1, 0.15) is 23.6 Å². The molecule has 3 rings (SSSR count). The molecule has 0 saturated heterocycles. The van der Waals surface area contributed by atoms with Crippen LogP contribution in [0.25, 0.3) is 6.08 Å². The highest BCUT2D eigenvalue weighted by Gasteiger charge is 2.30. The highest BCUT2D eigenvalue weighted by molar-refractivity contribution is 6.35. The smallest absolute Gasteiger partial charge is 0.416 e. The van der Waals surface area contributed by atoms with Crippen molar-refractivity contribution in [3.8, 4) is 17.6 Å². The molecule has 0 aliphatic rings. The Labute approximate surface area is 226 Å². The maximum atomic E-state index is 13.0. The maximum Gasteiger partial charge on any atom is 0.416 e. The number of nitrogens with one attached hydrogen (secondary N) is 1. The average molecular weight is 570 g/mol. The van der Waals surface area contributed by atoms with Gasteiger partial charge >= 0.3 is 6.18 Å². The van der Waals surface area contributed by atoms with Gasteiger partial charge in [-0.15, -0.1) is 0 Å². The van der Waals surface area contributed by atoms with E-state index in [4.69, 9.17) is 44.3 Å². The fourth-order valence-electron chi connectivity index (χ4n) is 3.15. The Morgan fingerprint density at radius 3 is 2.46 bits per heavy atom. The SMILES string of the molecule is CCOc1cc(/C=C(\C#N)C(=O)Nc2cccc(C(F)(F)F)c2)cc(Cl)c1OCc1ccc(Cl)cc1Cl. The number of hydrogen-bond donors (Lipinski definition) is 1. The van der Waals surface area contributed by atoms with Crippen molar-refractivity contribution in [2.45, 2.75) is 19.7 Å². The topological polar surface area (TPSA) is 71.3 Å². The molecule has 5 nitrogen and oxygen atoms in total. The third-order valence-corrected chi connectivity index (χ3v) is 5.71. The first-order chi connectivity index (χ1) is 17.5. The van der Waals surface area contributed by atoms with Crippen LogP contribution in [0.3, 0.4) is 0 Å². The zero-order valence-electron chi connectivity index (χ0n) is 19.1. The molecule has 0 unspecified atom stereocenters. The van der Waals surface area contributed by atoms with Crippen molar-refractivity contribution in [2.75, 3.05) is 11.9 Å². The van der Waals surface area contributed by atoms with E-state index in [-0.39, 0.29) is 41.0 Å². The van der Waals surface area contributed by atoms with Crippen LogP contribution in [0.2, 0.25) is 15.1 Å². The highest BCUT2D eigenvalue weighted by atomic mass is 35.5. The third kappa shape index (κ3) is 7.56. The van der Waals surface area contributed by atoms with Crippen molar-refractivity contribution in [3.05, 3.63) is 91.9 Å². The second kappa shape index (κ2) is 12.2. The Bertz CT molecular complexity index is 1390. The van der Waals surface area contributed by atoms with Gasteiger partial charge in [-0.3, -0.25) is 4.79 Å². The summed E-state index contributed by atoms with van der Waals surface area (Å²) in [6.45, 7) is 2.08. The number of rotatable bonds is 8. The van der Waals surface area contributed by atoms with E-state index in [1.165, 1.54) is 24.3 Å². The number of carbonyl (C=O) groups excluding carboxylic acids is 1. The van der Waals surface area contributed by atoms with Gasteiger partial charge < -0.3 is 14.8 Å². The number of hydrogen-bond acceptors (Lipinski definition) is 4. The van der Waals surface area contributed by atoms with Crippen LogP contribution < -0.4 is 14.8 Å². The Morgan fingerprint density at radius 2 is 1.81 bits per heavy atom. The van der Waals surface area contributed by atoms with Crippen molar-refractivity contribution in [1.29, 1.82) is 5.26 Å². The Hall–Kier alpha value is -3.38. The molecule has 0 fully saturated rings. The van der Waals surface area contributed by atoms with E-state index in [9.17, 15) is 23.2 Å². The van der Waals surface area contributed by atoms with Gasteiger partial charge in [0, 0.05) is 21.3 Å². The van der Waals surface area contributed by atoms with Crippen LogP contribution >= 0.6 is 34.8 Å². The van der Waals surface area contributed by atoms with Crippen molar-refractivity contribution in [3.63, 3.8) is 0 Å². The van der Waals surface area contributed by atoms with Crippen molar-refractivity contribution < 1.29 is 27.4 Å². The van der Waals surface area contributed by atoms with Crippen LogP contribution in [0.5, 0.6) is 11.5 Å². The first-order valence-corrected chi connectivity index (χ1v) is 11.8. The van der Waals surface area contributed by atoms with E-state index >= 15 is 0 Å². The number of halogens is 6. The summed E-state index contributed by atoms with van der Waals surface area (Å²) < 4.78 is 50.3. The number of anilines is 1. The highest BCUT2D eigenvalue weighted by Crippen LogP contribution is 2.38. The van der Waals surface area contributed by atoms with Gasteiger partial charge in [-0.2, -0.15) is 18.4 Å². The molecule has 0 radical (unpaired) electrons. The van der Waals surface area contributed by atoms with Crippen LogP contribution in [0.4, 0.5) is 18.9 Å². The predicted octanol–water partition coefficient (Wildman–Crippen LogP) is 8.19. The molecule has 1 N–H and O–H groups in total. The van der Waals surface area contributed by atoms with E-state index < -0.39 is 17.6 Å². The minimum Gasteiger partial charge on any atom is -0.490 e. The molecule has 11 heteroatoms. The molecule has 0 saturated carbocycles. The number of nitrogens with zero attached hydrogens (tertiary/aromatic N) is 1. The summed E-state index contributed by atoms with van der Waals surface area (Å²) in [6, 6.07) is 13.7. The van der Waals surface area contributed by atoms with E-state index in [1.807, 2.05) is 0 Å². The first kappa shape index (κ1) is 28.2. The van der Waals surface area contributed by atoms with Gasteiger partial charge in [0.2, 0.25) is 0 Å². The van der Waals surface area contributed by atoms with Gasteiger partial charge in [0.25, 0.3) is 5.91 Å². The van der Waals surface area contributed by atoms with Gasteiger partial charge in [-0.1, -0.05) is 46.9 Å². The van der Waals surface area contributed by atoms with Gasteiger partial charge in [-0.25, -0.2) is 0 Å². The van der Waals surface area contributed by atoms with Crippen LogP contribution in [0, 0.1) is 11.3 Å². The second-order valence-electron chi connectivity index (χ2n) is 7.49. The molecule has 37 heavy (non-hydrogen) atoms. The summed E-state index contributed by atoms with van der Waals surface area (Å²) in [6.07, 6.45) is -3.35. The van der Waals surface area contributed by atoms with Gasteiger partial charge in [0.15, 0.2) is 11.5 Å². The minimum atomic E-state index is -4.58. The summed E-state index contributed by atoms with van der Waals surface area (Å²) in [5, 5.41) is 12.8. The molecule has 0 bridgehead atoms.